The highest BCUT2D eigenvalue weighted by Crippen LogP contribution is 2.34. The second kappa shape index (κ2) is 6.20. The Bertz CT molecular complexity index is 627. The summed E-state index contributed by atoms with van der Waals surface area (Å²) in [5.74, 6) is 1.06. The summed E-state index contributed by atoms with van der Waals surface area (Å²) >= 11 is 5.49. The van der Waals surface area contributed by atoms with Gasteiger partial charge in [0.05, 0.1) is 18.2 Å². The van der Waals surface area contributed by atoms with Gasteiger partial charge >= 0.3 is 0 Å². The Morgan fingerprint density at radius 1 is 1.30 bits per heavy atom. The zero-order chi connectivity index (χ0) is 14.6. The van der Waals surface area contributed by atoms with E-state index < -0.39 is 15.2 Å². The first-order valence-corrected chi connectivity index (χ1v) is 8.06. The van der Waals surface area contributed by atoms with Crippen LogP contribution in [0.5, 0.6) is 11.5 Å². The molecule has 0 saturated carbocycles. The maximum Gasteiger partial charge on any atom is 0.249 e. The highest BCUT2D eigenvalue weighted by atomic mass is 35.5. The predicted molar refractivity (Wildman–Crippen MR) is 74.6 cm³/mol. The van der Waals surface area contributed by atoms with Gasteiger partial charge in [-0.25, -0.2) is 8.42 Å². The largest absolute Gasteiger partial charge is 0.486 e. The van der Waals surface area contributed by atoms with Gasteiger partial charge in [-0.05, 0) is 12.1 Å². The molecule has 0 spiro atoms. The lowest BCUT2D eigenvalue weighted by Gasteiger charge is -2.25. The highest BCUT2D eigenvalue weighted by molar-refractivity contribution is 7.93. The zero-order valence-electron chi connectivity index (χ0n) is 10.6. The molecule has 6 nitrogen and oxygen atoms in total. The molecule has 1 aliphatic rings. The standard InChI is InChI=1S/C12H13ClN2O4S/c13-9-20(16,17)15(5-1-4-14)10-2-3-11-12(8-10)19-7-6-18-11/h2-3,8H,1,5-7,9H2. The van der Waals surface area contributed by atoms with Crippen LogP contribution in [0.25, 0.3) is 0 Å². The number of ether oxygens (including phenoxy) is 2. The van der Waals surface area contributed by atoms with E-state index in [4.69, 9.17) is 26.3 Å². The summed E-state index contributed by atoms with van der Waals surface area (Å²) < 4.78 is 35.9. The van der Waals surface area contributed by atoms with Crippen LogP contribution in [-0.4, -0.2) is 33.4 Å². The summed E-state index contributed by atoms with van der Waals surface area (Å²) in [6.07, 6.45) is 0.0740. The normalized spacial score (nSPS) is 13.6. The molecule has 1 aromatic carbocycles. The minimum Gasteiger partial charge on any atom is -0.486 e. The molecule has 0 atom stereocenters. The van der Waals surface area contributed by atoms with E-state index in [1.807, 2.05) is 6.07 Å². The topological polar surface area (TPSA) is 79.6 Å². The van der Waals surface area contributed by atoms with Gasteiger partial charge in [0.1, 0.15) is 18.4 Å². The molecule has 0 unspecified atom stereocenters. The number of rotatable bonds is 5. The smallest absolute Gasteiger partial charge is 0.249 e. The molecule has 108 valence electrons. The van der Waals surface area contributed by atoms with Crippen LogP contribution in [-0.2, 0) is 10.0 Å². The first kappa shape index (κ1) is 14.8. The van der Waals surface area contributed by atoms with Crippen LogP contribution in [0.2, 0.25) is 0 Å². The quantitative estimate of drug-likeness (QED) is 0.772. The van der Waals surface area contributed by atoms with Crippen molar-refractivity contribution in [3.8, 4) is 17.6 Å². The van der Waals surface area contributed by atoms with E-state index in [2.05, 4.69) is 0 Å². The van der Waals surface area contributed by atoms with Gasteiger partial charge in [-0.2, -0.15) is 5.26 Å². The van der Waals surface area contributed by atoms with Crippen LogP contribution in [0, 0.1) is 11.3 Å². The second-order valence-corrected chi connectivity index (χ2v) is 6.51. The van der Waals surface area contributed by atoms with E-state index in [0.717, 1.165) is 4.31 Å². The molecule has 1 heterocycles. The number of benzene rings is 1. The number of nitriles is 1. The first-order chi connectivity index (χ1) is 9.58. The van der Waals surface area contributed by atoms with Crippen molar-refractivity contribution in [2.75, 3.05) is 29.3 Å². The van der Waals surface area contributed by atoms with E-state index in [9.17, 15) is 8.42 Å². The molecule has 0 aromatic heterocycles. The summed E-state index contributed by atoms with van der Waals surface area (Å²) in [7, 11) is -3.66. The number of alkyl halides is 1. The van der Waals surface area contributed by atoms with Crippen molar-refractivity contribution >= 4 is 27.3 Å². The summed E-state index contributed by atoms with van der Waals surface area (Å²) in [5, 5.41) is 8.09. The van der Waals surface area contributed by atoms with Gasteiger partial charge in [0.25, 0.3) is 0 Å². The van der Waals surface area contributed by atoms with Gasteiger partial charge in [0.2, 0.25) is 10.0 Å². The molecule has 8 heteroatoms. The molecule has 2 rings (SSSR count). The Morgan fingerprint density at radius 2 is 2.00 bits per heavy atom. The molecule has 20 heavy (non-hydrogen) atoms. The third-order valence-electron chi connectivity index (χ3n) is 2.71. The van der Waals surface area contributed by atoms with E-state index >= 15 is 0 Å². The summed E-state index contributed by atoms with van der Waals surface area (Å²) in [5.41, 5.74) is 0.408. The average molecular weight is 317 g/mol. The first-order valence-electron chi connectivity index (χ1n) is 5.91. The predicted octanol–water partition coefficient (Wildman–Crippen LogP) is 1.70. The maximum atomic E-state index is 12.0. The number of sulfonamides is 1. The number of nitrogens with zero attached hydrogens (tertiary/aromatic N) is 2. The second-order valence-electron chi connectivity index (χ2n) is 4.03. The minimum absolute atomic E-state index is 0.0468. The van der Waals surface area contributed by atoms with Crippen molar-refractivity contribution in [1.82, 2.24) is 0 Å². The Kier molecular flexibility index (Phi) is 4.57. The van der Waals surface area contributed by atoms with Gasteiger partial charge in [-0.15, -0.1) is 11.6 Å². The van der Waals surface area contributed by atoms with Crippen molar-refractivity contribution in [1.29, 1.82) is 5.26 Å². The molecular weight excluding hydrogens is 304 g/mol. The lowest BCUT2D eigenvalue weighted by Crippen LogP contribution is -2.32. The minimum atomic E-state index is -3.66. The Morgan fingerprint density at radius 3 is 2.65 bits per heavy atom. The Hall–Kier alpha value is -1.65. The molecule has 0 bridgehead atoms. The lowest BCUT2D eigenvalue weighted by molar-refractivity contribution is 0.171. The third kappa shape index (κ3) is 3.08. The fourth-order valence-corrected chi connectivity index (χ4v) is 3.10. The highest BCUT2D eigenvalue weighted by Gasteiger charge is 2.23. The molecule has 0 saturated heterocycles. The van der Waals surface area contributed by atoms with Crippen molar-refractivity contribution in [2.24, 2.45) is 0 Å². The van der Waals surface area contributed by atoms with Crippen LogP contribution in [0.1, 0.15) is 6.42 Å². The number of fused-ring (bicyclic) bond motifs is 1. The van der Waals surface area contributed by atoms with Crippen molar-refractivity contribution in [2.45, 2.75) is 6.42 Å². The molecule has 0 radical (unpaired) electrons. The van der Waals surface area contributed by atoms with E-state index in [1.165, 1.54) is 0 Å². The number of halogens is 1. The van der Waals surface area contributed by atoms with E-state index in [1.54, 1.807) is 18.2 Å². The van der Waals surface area contributed by atoms with E-state index in [-0.39, 0.29) is 13.0 Å². The van der Waals surface area contributed by atoms with Crippen molar-refractivity contribution < 1.29 is 17.9 Å². The number of hydrogen-bond donors (Lipinski definition) is 0. The van der Waals surface area contributed by atoms with Crippen LogP contribution in [0.15, 0.2) is 18.2 Å². The molecule has 0 amide bonds. The summed E-state index contributed by atoms with van der Waals surface area (Å²) in [4.78, 5) is 0. The molecular formula is C12H13ClN2O4S. The maximum absolute atomic E-state index is 12.0. The fraction of sp³-hybridized carbons (Fsp3) is 0.417. The van der Waals surface area contributed by atoms with Crippen LogP contribution in [0.3, 0.4) is 0 Å². The zero-order valence-corrected chi connectivity index (χ0v) is 12.2. The van der Waals surface area contributed by atoms with Gasteiger partial charge in [-0.1, -0.05) is 0 Å². The Balaban J connectivity index is 2.36. The Labute approximate surface area is 122 Å². The summed E-state index contributed by atoms with van der Waals surface area (Å²) in [6.45, 7) is 0.923. The van der Waals surface area contributed by atoms with Gasteiger partial charge in [0, 0.05) is 12.6 Å². The van der Waals surface area contributed by atoms with Gasteiger partial charge in [-0.3, -0.25) is 4.31 Å². The van der Waals surface area contributed by atoms with Crippen LogP contribution in [0.4, 0.5) is 5.69 Å². The number of anilines is 1. The molecule has 0 N–H and O–H groups in total. The van der Waals surface area contributed by atoms with Gasteiger partial charge in [0.15, 0.2) is 11.5 Å². The van der Waals surface area contributed by atoms with Crippen LogP contribution < -0.4 is 13.8 Å². The SMILES string of the molecule is N#CCCN(c1ccc2c(c1)OCCO2)S(=O)(=O)CCl. The molecule has 1 aliphatic heterocycles. The summed E-state index contributed by atoms with van der Waals surface area (Å²) in [6, 6.07) is 6.75. The van der Waals surface area contributed by atoms with E-state index in [0.29, 0.717) is 30.4 Å². The van der Waals surface area contributed by atoms with Crippen molar-refractivity contribution in [3.63, 3.8) is 0 Å². The fourth-order valence-electron chi connectivity index (χ4n) is 1.83. The average Bonchev–Trinajstić information content (AvgIpc) is 2.47. The monoisotopic (exact) mass is 316 g/mol. The molecule has 0 aliphatic carbocycles. The lowest BCUT2D eigenvalue weighted by atomic mass is 10.2. The third-order valence-corrected chi connectivity index (χ3v) is 4.88. The molecule has 0 fully saturated rings. The van der Waals surface area contributed by atoms with Crippen LogP contribution >= 0.6 is 11.6 Å². The number of hydrogen-bond acceptors (Lipinski definition) is 5. The van der Waals surface area contributed by atoms with Crippen molar-refractivity contribution in [3.05, 3.63) is 18.2 Å². The van der Waals surface area contributed by atoms with Gasteiger partial charge < -0.3 is 9.47 Å². The molecule has 1 aromatic rings.